The van der Waals surface area contributed by atoms with E-state index in [2.05, 4.69) is 55.1 Å². The van der Waals surface area contributed by atoms with E-state index in [1.54, 1.807) is 11.1 Å². The van der Waals surface area contributed by atoms with E-state index in [4.69, 9.17) is 0 Å². The fourth-order valence-electron chi connectivity index (χ4n) is 4.38. The second kappa shape index (κ2) is 4.07. The van der Waals surface area contributed by atoms with Crippen LogP contribution in [-0.4, -0.2) is 8.07 Å². The summed E-state index contributed by atoms with van der Waals surface area (Å²) in [7, 11) is -1.16. The van der Waals surface area contributed by atoms with Crippen LogP contribution in [0.25, 0.3) is 11.1 Å². The molecule has 0 unspecified atom stereocenters. The molecule has 1 fully saturated rings. The molecule has 4 rings (SSSR count). The first kappa shape index (κ1) is 11.5. The molecular formula is C18H20Si. The molecule has 1 aliphatic heterocycles. The molecule has 1 aliphatic carbocycles. The maximum Gasteiger partial charge on any atom is 0.0635 e. The van der Waals surface area contributed by atoms with Crippen molar-refractivity contribution in [2.75, 3.05) is 0 Å². The fraction of sp³-hybridized carbons (Fsp3) is 0.333. The third-order valence-electron chi connectivity index (χ3n) is 5.28. The summed E-state index contributed by atoms with van der Waals surface area (Å²) in [6.07, 6.45) is 2.92. The van der Waals surface area contributed by atoms with Crippen molar-refractivity contribution < 1.29 is 0 Å². The number of rotatable bonds is 1. The van der Waals surface area contributed by atoms with E-state index >= 15 is 0 Å². The Morgan fingerprint density at radius 2 is 1.26 bits per heavy atom. The van der Waals surface area contributed by atoms with Gasteiger partial charge in [0.25, 0.3) is 0 Å². The van der Waals surface area contributed by atoms with Gasteiger partial charge in [-0.1, -0.05) is 80.0 Å². The van der Waals surface area contributed by atoms with Gasteiger partial charge in [0, 0.05) is 5.54 Å². The van der Waals surface area contributed by atoms with Crippen LogP contribution in [-0.2, 0) is 0 Å². The minimum atomic E-state index is -1.16. The van der Waals surface area contributed by atoms with E-state index in [1.165, 1.54) is 36.1 Å². The van der Waals surface area contributed by atoms with E-state index in [-0.39, 0.29) is 0 Å². The summed E-state index contributed by atoms with van der Waals surface area (Å²) in [5.74, 6) is 0. The Bertz CT molecular complexity index is 578. The molecule has 0 bridgehead atoms. The van der Waals surface area contributed by atoms with E-state index < -0.39 is 8.07 Å². The Morgan fingerprint density at radius 3 is 1.79 bits per heavy atom. The van der Waals surface area contributed by atoms with Crippen molar-refractivity contribution in [3.05, 3.63) is 59.7 Å². The largest absolute Gasteiger partial charge is 0.0684 e. The normalized spacial score (nSPS) is 20.3. The first-order chi connectivity index (χ1) is 9.30. The van der Waals surface area contributed by atoms with Crippen molar-refractivity contribution in [3.8, 4) is 11.1 Å². The highest BCUT2D eigenvalue weighted by Crippen LogP contribution is 2.53. The molecule has 0 atom stereocenters. The van der Waals surface area contributed by atoms with Gasteiger partial charge < -0.3 is 0 Å². The minimum Gasteiger partial charge on any atom is -0.0684 e. The molecule has 0 aromatic heterocycles. The van der Waals surface area contributed by atoms with Gasteiger partial charge in [0.2, 0.25) is 0 Å². The molecule has 96 valence electrons. The maximum atomic E-state index is 2.64. The zero-order valence-electron chi connectivity index (χ0n) is 11.5. The van der Waals surface area contributed by atoms with E-state index in [0.29, 0.717) is 0 Å². The third kappa shape index (κ3) is 1.58. The summed E-state index contributed by atoms with van der Waals surface area (Å²) in [4.78, 5) is 0. The van der Waals surface area contributed by atoms with Crippen molar-refractivity contribution in [2.45, 2.75) is 37.0 Å². The average Bonchev–Trinajstić information content (AvgIpc) is 3.01. The van der Waals surface area contributed by atoms with Crippen LogP contribution in [0, 0.1) is 0 Å². The SMILES string of the molecule is C[Si]1(C2c3ccccc3-c3ccccc32)CCCC1. The first-order valence-corrected chi connectivity index (χ1v) is 10.5. The van der Waals surface area contributed by atoms with Gasteiger partial charge in [0.15, 0.2) is 0 Å². The molecule has 0 nitrogen and oxygen atoms in total. The zero-order valence-corrected chi connectivity index (χ0v) is 12.5. The van der Waals surface area contributed by atoms with Crippen molar-refractivity contribution in [1.29, 1.82) is 0 Å². The molecule has 0 saturated carbocycles. The van der Waals surface area contributed by atoms with Gasteiger partial charge in [-0.05, 0) is 22.3 Å². The topological polar surface area (TPSA) is 0 Å². The lowest BCUT2D eigenvalue weighted by Crippen LogP contribution is -2.34. The minimum absolute atomic E-state index is 0.752. The lowest BCUT2D eigenvalue weighted by atomic mass is 10.1. The molecule has 0 spiro atoms. The van der Waals surface area contributed by atoms with Gasteiger partial charge in [-0.3, -0.25) is 0 Å². The smallest absolute Gasteiger partial charge is 0.0635 e. The lowest BCUT2D eigenvalue weighted by Gasteiger charge is -2.30. The van der Waals surface area contributed by atoms with Gasteiger partial charge in [-0.25, -0.2) is 0 Å². The van der Waals surface area contributed by atoms with Crippen LogP contribution in [0.15, 0.2) is 48.5 Å². The highest BCUT2D eigenvalue weighted by Gasteiger charge is 2.44. The highest BCUT2D eigenvalue weighted by atomic mass is 28.3. The number of benzene rings is 2. The van der Waals surface area contributed by atoms with Crippen LogP contribution in [0.4, 0.5) is 0 Å². The molecule has 0 radical (unpaired) electrons. The molecule has 1 saturated heterocycles. The summed E-state index contributed by atoms with van der Waals surface area (Å²) >= 11 is 0. The first-order valence-electron chi connectivity index (χ1n) is 7.48. The van der Waals surface area contributed by atoms with Crippen molar-refractivity contribution >= 4 is 8.07 Å². The lowest BCUT2D eigenvalue weighted by molar-refractivity contribution is 0.935. The summed E-state index contributed by atoms with van der Waals surface area (Å²) in [6.45, 7) is 2.64. The zero-order chi connectivity index (χ0) is 12.9. The number of hydrogen-bond donors (Lipinski definition) is 0. The summed E-state index contributed by atoms with van der Waals surface area (Å²) < 4.78 is 0. The van der Waals surface area contributed by atoms with E-state index in [9.17, 15) is 0 Å². The number of fused-ring (bicyclic) bond motifs is 3. The highest BCUT2D eigenvalue weighted by molar-refractivity contribution is 6.81. The molecule has 2 aromatic carbocycles. The van der Waals surface area contributed by atoms with Crippen molar-refractivity contribution in [1.82, 2.24) is 0 Å². The summed E-state index contributed by atoms with van der Waals surface area (Å²) in [5, 5.41) is 0. The molecule has 0 N–H and O–H groups in total. The Balaban J connectivity index is 1.96. The predicted molar refractivity (Wildman–Crippen MR) is 84.2 cm³/mol. The Kier molecular flexibility index (Phi) is 2.46. The standard InChI is InChI=1S/C18H20Si/c1-19(12-6-7-13-19)18-16-10-4-2-8-14(16)15-9-3-5-11-17(15)18/h2-5,8-11,18H,6-7,12-13H2,1H3. The van der Waals surface area contributed by atoms with Crippen molar-refractivity contribution in [3.63, 3.8) is 0 Å². The number of hydrogen-bond acceptors (Lipinski definition) is 0. The molecule has 2 aromatic rings. The van der Waals surface area contributed by atoms with Gasteiger partial charge in [0.05, 0.1) is 8.07 Å². The molecular weight excluding hydrogens is 244 g/mol. The van der Waals surface area contributed by atoms with Gasteiger partial charge in [-0.15, -0.1) is 0 Å². The Labute approximate surface area is 116 Å². The van der Waals surface area contributed by atoms with Crippen LogP contribution in [0.2, 0.25) is 18.6 Å². The molecule has 1 heteroatoms. The molecule has 2 aliphatic rings. The third-order valence-corrected chi connectivity index (χ3v) is 10.3. The van der Waals surface area contributed by atoms with Crippen LogP contribution in [0.5, 0.6) is 0 Å². The van der Waals surface area contributed by atoms with Crippen LogP contribution in [0.3, 0.4) is 0 Å². The fourth-order valence-corrected chi connectivity index (χ4v) is 9.33. The van der Waals surface area contributed by atoms with E-state index in [1.807, 2.05) is 0 Å². The van der Waals surface area contributed by atoms with Crippen molar-refractivity contribution in [2.24, 2.45) is 0 Å². The average molecular weight is 264 g/mol. The maximum absolute atomic E-state index is 2.64. The Morgan fingerprint density at radius 1 is 0.789 bits per heavy atom. The quantitative estimate of drug-likeness (QED) is 0.620. The van der Waals surface area contributed by atoms with Crippen LogP contribution in [0.1, 0.15) is 29.5 Å². The van der Waals surface area contributed by atoms with Gasteiger partial charge in [-0.2, -0.15) is 0 Å². The predicted octanol–water partition coefficient (Wildman–Crippen LogP) is 5.21. The second-order valence-corrected chi connectivity index (χ2v) is 11.4. The van der Waals surface area contributed by atoms with E-state index in [0.717, 1.165) is 5.54 Å². The monoisotopic (exact) mass is 264 g/mol. The van der Waals surface area contributed by atoms with Gasteiger partial charge >= 0.3 is 0 Å². The molecule has 19 heavy (non-hydrogen) atoms. The molecule has 0 amide bonds. The molecule has 1 heterocycles. The van der Waals surface area contributed by atoms with Gasteiger partial charge in [0.1, 0.15) is 0 Å². The Hall–Kier alpha value is -1.34. The van der Waals surface area contributed by atoms with Crippen LogP contribution >= 0.6 is 0 Å². The summed E-state index contributed by atoms with van der Waals surface area (Å²) in [5.41, 5.74) is 7.01. The summed E-state index contributed by atoms with van der Waals surface area (Å²) in [6, 6.07) is 21.3. The van der Waals surface area contributed by atoms with Crippen LogP contribution < -0.4 is 0 Å². The second-order valence-electron chi connectivity index (χ2n) is 6.47.